The minimum absolute atomic E-state index is 0.261. The standard InChI is InChI=1S/C16H15Br2NO2/c17-13-6-11-3-4-21-16(11)12(7-13)9-19-8-10-1-2-15(20)14(18)5-10/h1-2,5-7,19-20H,3-4,8-9H2. The molecule has 0 radical (unpaired) electrons. The van der Waals surface area contributed by atoms with Crippen LogP contribution in [0.25, 0.3) is 0 Å². The largest absolute Gasteiger partial charge is 0.507 e. The van der Waals surface area contributed by atoms with E-state index < -0.39 is 0 Å². The highest BCUT2D eigenvalue weighted by Gasteiger charge is 2.17. The van der Waals surface area contributed by atoms with Crippen molar-refractivity contribution in [1.29, 1.82) is 0 Å². The predicted molar refractivity (Wildman–Crippen MR) is 89.7 cm³/mol. The van der Waals surface area contributed by atoms with E-state index in [1.807, 2.05) is 12.1 Å². The second-order valence-electron chi connectivity index (χ2n) is 5.04. The van der Waals surface area contributed by atoms with Gasteiger partial charge < -0.3 is 15.2 Å². The molecule has 0 aliphatic carbocycles. The van der Waals surface area contributed by atoms with Crippen LogP contribution in [-0.2, 0) is 19.5 Å². The summed E-state index contributed by atoms with van der Waals surface area (Å²) < 4.78 is 7.53. The summed E-state index contributed by atoms with van der Waals surface area (Å²) in [6, 6.07) is 9.76. The molecule has 3 rings (SSSR count). The lowest BCUT2D eigenvalue weighted by molar-refractivity contribution is 0.352. The minimum atomic E-state index is 0.261. The van der Waals surface area contributed by atoms with Crippen LogP contribution in [0.4, 0.5) is 0 Å². The third kappa shape index (κ3) is 3.42. The monoisotopic (exact) mass is 411 g/mol. The number of nitrogens with one attached hydrogen (secondary N) is 1. The Hall–Kier alpha value is -1.04. The number of fused-ring (bicyclic) bond motifs is 1. The summed E-state index contributed by atoms with van der Waals surface area (Å²) in [5.74, 6) is 1.29. The van der Waals surface area contributed by atoms with Crippen molar-refractivity contribution in [2.24, 2.45) is 0 Å². The molecule has 0 unspecified atom stereocenters. The Kier molecular flexibility index (Phi) is 4.52. The molecule has 0 aromatic heterocycles. The van der Waals surface area contributed by atoms with Gasteiger partial charge in [-0.1, -0.05) is 22.0 Å². The lowest BCUT2D eigenvalue weighted by atomic mass is 10.1. The molecule has 0 spiro atoms. The maximum Gasteiger partial charge on any atom is 0.129 e. The van der Waals surface area contributed by atoms with Crippen molar-refractivity contribution in [2.45, 2.75) is 19.5 Å². The van der Waals surface area contributed by atoms with Gasteiger partial charge in [0.05, 0.1) is 11.1 Å². The van der Waals surface area contributed by atoms with Crippen LogP contribution in [0.2, 0.25) is 0 Å². The molecule has 0 amide bonds. The molecule has 2 aromatic rings. The van der Waals surface area contributed by atoms with Gasteiger partial charge in [-0.3, -0.25) is 0 Å². The zero-order chi connectivity index (χ0) is 14.8. The van der Waals surface area contributed by atoms with Gasteiger partial charge in [0.15, 0.2) is 0 Å². The molecule has 2 N–H and O–H groups in total. The van der Waals surface area contributed by atoms with Gasteiger partial charge in [0, 0.05) is 29.5 Å². The summed E-state index contributed by atoms with van der Waals surface area (Å²) >= 11 is 6.88. The van der Waals surface area contributed by atoms with Gasteiger partial charge in [0.25, 0.3) is 0 Å². The van der Waals surface area contributed by atoms with E-state index in [0.717, 1.165) is 41.9 Å². The fourth-order valence-electron chi connectivity index (χ4n) is 2.48. The van der Waals surface area contributed by atoms with Crippen molar-refractivity contribution < 1.29 is 9.84 Å². The molecule has 110 valence electrons. The molecule has 0 saturated carbocycles. The number of halogens is 2. The number of ether oxygens (including phenoxy) is 1. The molecule has 0 fully saturated rings. The van der Waals surface area contributed by atoms with Gasteiger partial charge in [-0.25, -0.2) is 0 Å². The summed E-state index contributed by atoms with van der Waals surface area (Å²) in [5, 5.41) is 12.9. The van der Waals surface area contributed by atoms with Crippen LogP contribution in [0.1, 0.15) is 16.7 Å². The normalized spacial score (nSPS) is 13.0. The first-order valence-electron chi connectivity index (χ1n) is 6.75. The molecular weight excluding hydrogens is 398 g/mol. The molecule has 1 heterocycles. The fraction of sp³-hybridized carbons (Fsp3) is 0.250. The topological polar surface area (TPSA) is 41.5 Å². The fourth-order valence-corrected chi connectivity index (χ4v) is 3.46. The van der Waals surface area contributed by atoms with Gasteiger partial charge >= 0.3 is 0 Å². The highest BCUT2D eigenvalue weighted by molar-refractivity contribution is 9.10. The first-order chi connectivity index (χ1) is 10.1. The van der Waals surface area contributed by atoms with Crippen molar-refractivity contribution in [3.63, 3.8) is 0 Å². The zero-order valence-corrected chi connectivity index (χ0v) is 14.5. The van der Waals surface area contributed by atoms with Gasteiger partial charge in [0.2, 0.25) is 0 Å². The number of hydrogen-bond donors (Lipinski definition) is 2. The molecule has 1 aliphatic rings. The van der Waals surface area contributed by atoms with Gasteiger partial charge in [0.1, 0.15) is 11.5 Å². The third-order valence-electron chi connectivity index (χ3n) is 3.48. The van der Waals surface area contributed by atoms with Gasteiger partial charge in [-0.2, -0.15) is 0 Å². The number of aromatic hydroxyl groups is 1. The van der Waals surface area contributed by atoms with Crippen LogP contribution >= 0.6 is 31.9 Å². The van der Waals surface area contributed by atoms with Crippen molar-refractivity contribution >= 4 is 31.9 Å². The number of benzene rings is 2. The average molecular weight is 413 g/mol. The Morgan fingerprint density at radius 2 is 2.00 bits per heavy atom. The molecule has 3 nitrogen and oxygen atoms in total. The Labute approximate surface area is 140 Å². The van der Waals surface area contributed by atoms with E-state index in [2.05, 4.69) is 49.3 Å². The Balaban J connectivity index is 1.67. The SMILES string of the molecule is Oc1ccc(CNCc2cc(Br)cc3c2OCC3)cc1Br. The number of rotatable bonds is 4. The summed E-state index contributed by atoms with van der Waals surface area (Å²) in [7, 11) is 0. The van der Waals surface area contributed by atoms with Gasteiger partial charge in [-0.05, 0) is 51.3 Å². The highest BCUT2D eigenvalue weighted by Crippen LogP contribution is 2.33. The van der Waals surface area contributed by atoms with Crippen molar-refractivity contribution in [2.75, 3.05) is 6.61 Å². The maximum absolute atomic E-state index is 9.49. The average Bonchev–Trinajstić information content (AvgIpc) is 2.91. The molecule has 0 bridgehead atoms. The molecule has 0 saturated heterocycles. The molecular formula is C16H15Br2NO2. The van der Waals surface area contributed by atoms with E-state index in [9.17, 15) is 5.11 Å². The van der Waals surface area contributed by atoms with Crippen molar-refractivity contribution in [3.8, 4) is 11.5 Å². The van der Waals surface area contributed by atoms with E-state index in [1.165, 1.54) is 11.1 Å². The van der Waals surface area contributed by atoms with Crippen molar-refractivity contribution in [1.82, 2.24) is 5.32 Å². The summed E-state index contributed by atoms with van der Waals surface area (Å²) in [6.45, 7) is 2.25. The zero-order valence-electron chi connectivity index (χ0n) is 11.3. The number of hydrogen-bond acceptors (Lipinski definition) is 3. The van der Waals surface area contributed by atoms with E-state index in [4.69, 9.17) is 4.74 Å². The predicted octanol–water partition coefficient (Wildman–Crippen LogP) is 4.14. The van der Waals surface area contributed by atoms with Crippen LogP contribution < -0.4 is 10.1 Å². The first-order valence-corrected chi connectivity index (χ1v) is 8.34. The molecule has 2 aromatic carbocycles. The lowest BCUT2D eigenvalue weighted by Crippen LogP contribution is -2.13. The Morgan fingerprint density at radius 1 is 1.14 bits per heavy atom. The second-order valence-corrected chi connectivity index (χ2v) is 6.81. The molecule has 21 heavy (non-hydrogen) atoms. The van der Waals surface area contributed by atoms with Crippen LogP contribution in [-0.4, -0.2) is 11.7 Å². The summed E-state index contributed by atoms with van der Waals surface area (Å²) in [5.41, 5.74) is 3.57. The van der Waals surface area contributed by atoms with E-state index in [1.54, 1.807) is 6.07 Å². The minimum Gasteiger partial charge on any atom is -0.507 e. The van der Waals surface area contributed by atoms with E-state index in [0.29, 0.717) is 4.47 Å². The summed E-state index contributed by atoms with van der Waals surface area (Å²) in [6.07, 6.45) is 0.979. The number of phenolic OH excluding ortho intramolecular Hbond substituents is 1. The van der Waals surface area contributed by atoms with E-state index in [-0.39, 0.29) is 5.75 Å². The molecule has 0 atom stereocenters. The van der Waals surface area contributed by atoms with Crippen LogP contribution in [0.5, 0.6) is 11.5 Å². The van der Waals surface area contributed by atoms with Gasteiger partial charge in [-0.15, -0.1) is 0 Å². The highest BCUT2D eigenvalue weighted by atomic mass is 79.9. The number of phenols is 1. The molecule has 1 aliphatic heterocycles. The van der Waals surface area contributed by atoms with Crippen LogP contribution in [0.15, 0.2) is 39.3 Å². The summed E-state index contributed by atoms with van der Waals surface area (Å²) in [4.78, 5) is 0. The maximum atomic E-state index is 9.49. The quantitative estimate of drug-likeness (QED) is 0.792. The van der Waals surface area contributed by atoms with Crippen LogP contribution in [0.3, 0.4) is 0 Å². The lowest BCUT2D eigenvalue weighted by Gasteiger charge is -2.11. The van der Waals surface area contributed by atoms with E-state index >= 15 is 0 Å². The molecule has 5 heteroatoms. The Bertz CT molecular complexity index is 674. The first kappa shape index (κ1) is 14.9. The smallest absolute Gasteiger partial charge is 0.129 e. The van der Waals surface area contributed by atoms with Crippen molar-refractivity contribution in [3.05, 3.63) is 56.0 Å². The van der Waals surface area contributed by atoms with Crippen LogP contribution in [0, 0.1) is 0 Å². The third-order valence-corrected chi connectivity index (χ3v) is 4.58. The second kappa shape index (κ2) is 6.38. The Morgan fingerprint density at radius 3 is 2.81 bits per heavy atom.